The Morgan fingerprint density at radius 3 is 2.48 bits per heavy atom. The van der Waals surface area contributed by atoms with E-state index < -0.39 is 5.41 Å². The maximum atomic E-state index is 11.8. The topological polar surface area (TPSA) is 59.6 Å². The first-order chi connectivity index (χ1) is 9.85. The zero-order chi connectivity index (χ0) is 16.0. The molecule has 0 fully saturated rings. The van der Waals surface area contributed by atoms with Crippen LogP contribution in [0.2, 0.25) is 0 Å². The quantitative estimate of drug-likeness (QED) is 0.809. The highest BCUT2D eigenvalue weighted by atomic mass is 16.5. The predicted molar refractivity (Wildman–Crippen MR) is 83.8 cm³/mol. The van der Waals surface area contributed by atoms with Gasteiger partial charge < -0.3 is 20.1 Å². The second kappa shape index (κ2) is 7.31. The summed E-state index contributed by atoms with van der Waals surface area (Å²) in [5, 5.41) is 6.07. The highest BCUT2D eigenvalue weighted by Crippen LogP contribution is 2.29. The number of hydrogen-bond donors (Lipinski definition) is 2. The smallest absolute Gasteiger partial charge is 0.226 e. The fourth-order valence-corrected chi connectivity index (χ4v) is 2.11. The lowest BCUT2D eigenvalue weighted by Gasteiger charge is -2.26. The van der Waals surface area contributed by atoms with Crippen LogP contribution in [0, 0.1) is 5.41 Å². The first-order valence-electron chi connectivity index (χ1n) is 7.03. The molecule has 21 heavy (non-hydrogen) atoms. The van der Waals surface area contributed by atoms with Crippen molar-refractivity contribution in [1.82, 2.24) is 10.6 Å². The largest absolute Gasteiger partial charge is 0.497 e. The van der Waals surface area contributed by atoms with Crippen molar-refractivity contribution >= 4 is 5.91 Å². The lowest BCUT2D eigenvalue weighted by atomic mass is 9.91. The molecule has 0 saturated carbocycles. The van der Waals surface area contributed by atoms with Gasteiger partial charge in [0.05, 0.1) is 19.6 Å². The molecule has 1 atom stereocenters. The summed E-state index contributed by atoms with van der Waals surface area (Å²) in [6.07, 6.45) is 0. The number of methoxy groups -OCH3 is 2. The van der Waals surface area contributed by atoms with E-state index in [1.807, 2.05) is 39.0 Å². The van der Waals surface area contributed by atoms with E-state index in [1.54, 1.807) is 21.3 Å². The van der Waals surface area contributed by atoms with Crippen LogP contribution in [0.5, 0.6) is 11.5 Å². The van der Waals surface area contributed by atoms with E-state index in [9.17, 15) is 4.79 Å². The number of ether oxygens (including phenoxy) is 2. The summed E-state index contributed by atoms with van der Waals surface area (Å²) in [5.41, 5.74) is 0.527. The number of carbonyl (C=O) groups excluding carboxylic acids is 1. The highest BCUT2D eigenvalue weighted by molar-refractivity contribution is 5.81. The summed E-state index contributed by atoms with van der Waals surface area (Å²) in [7, 11) is 4.93. The van der Waals surface area contributed by atoms with Gasteiger partial charge in [-0.15, -0.1) is 0 Å². The molecule has 1 rings (SSSR count). The summed E-state index contributed by atoms with van der Waals surface area (Å²) in [6, 6.07) is 5.74. The average Bonchev–Trinajstić information content (AvgIpc) is 2.50. The minimum Gasteiger partial charge on any atom is -0.497 e. The third-order valence-electron chi connectivity index (χ3n) is 3.60. The van der Waals surface area contributed by atoms with Gasteiger partial charge in [-0.1, -0.05) is 0 Å². The molecule has 0 aliphatic carbocycles. The molecule has 0 aliphatic rings. The van der Waals surface area contributed by atoms with Crippen LogP contribution < -0.4 is 20.1 Å². The first-order valence-corrected chi connectivity index (χ1v) is 7.03. The van der Waals surface area contributed by atoms with Crippen LogP contribution in [0.3, 0.4) is 0 Å². The Hall–Kier alpha value is -1.75. The van der Waals surface area contributed by atoms with E-state index >= 15 is 0 Å². The van der Waals surface area contributed by atoms with Gasteiger partial charge in [0.2, 0.25) is 5.91 Å². The molecule has 0 saturated heterocycles. The standard InChI is InChI=1S/C16H26N2O3/c1-11(18-10-16(2,3)15(19)17-4)13-9-12(20-5)7-8-14(13)21-6/h7-9,11,18H,10H2,1-6H3,(H,17,19). The zero-order valence-electron chi connectivity index (χ0n) is 13.7. The molecule has 0 heterocycles. The lowest BCUT2D eigenvalue weighted by molar-refractivity contribution is -0.128. The Balaban J connectivity index is 2.84. The van der Waals surface area contributed by atoms with E-state index in [-0.39, 0.29) is 11.9 Å². The van der Waals surface area contributed by atoms with E-state index in [1.165, 1.54) is 0 Å². The molecular weight excluding hydrogens is 268 g/mol. The number of amides is 1. The van der Waals surface area contributed by atoms with Gasteiger partial charge in [-0.25, -0.2) is 0 Å². The van der Waals surface area contributed by atoms with Gasteiger partial charge in [0, 0.05) is 25.2 Å². The highest BCUT2D eigenvalue weighted by Gasteiger charge is 2.27. The minimum atomic E-state index is -0.477. The lowest BCUT2D eigenvalue weighted by Crippen LogP contribution is -2.42. The van der Waals surface area contributed by atoms with Crippen molar-refractivity contribution < 1.29 is 14.3 Å². The summed E-state index contributed by atoms with van der Waals surface area (Å²) in [4.78, 5) is 11.8. The molecule has 1 unspecified atom stereocenters. The van der Waals surface area contributed by atoms with Crippen LogP contribution in [0.25, 0.3) is 0 Å². The number of benzene rings is 1. The number of rotatable bonds is 7. The fraction of sp³-hybridized carbons (Fsp3) is 0.562. The van der Waals surface area contributed by atoms with Crippen molar-refractivity contribution in [2.24, 2.45) is 5.41 Å². The molecular formula is C16H26N2O3. The van der Waals surface area contributed by atoms with Crippen molar-refractivity contribution in [3.05, 3.63) is 23.8 Å². The summed E-state index contributed by atoms with van der Waals surface area (Å²) in [5.74, 6) is 1.60. The monoisotopic (exact) mass is 294 g/mol. The van der Waals surface area contributed by atoms with Crippen molar-refractivity contribution in [1.29, 1.82) is 0 Å². The van der Waals surface area contributed by atoms with Crippen LogP contribution in [-0.4, -0.2) is 33.7 Å². The van der Waals surface area contributed by atoms with Crippen molar-refractivity contribution in [3.8, 4) is 11.5 Å². The molecule has 118 valence electrons. The minimum absolute atomic E-state index is 0.0137. The normalized spacial score (nSPS) is 12.7. The SMILES string of the molecule is CNC(=O)C(C)(C)CNC(C)c1cc(OC)ccc1OC. The number of nitrogens with one attached hydrogen (secondary N) is 2. The molecule has 5 nitrogen and oxygen atoms in total. The summed E-state index contributed by atoms with van der Waals surface area (Å²) in [6.45, 7) is 6.42. The Bertz CT molecular complexity index is 486. The van der Waals surface area contributed by atoms with Gasteiger partial charge in [0.15, 0.2) is 0 Å². The van der Waals surface area contributed by atoms with Crippen LogP contribution in [0.15, 0.2) is 18.2 Å². The van der Waals surface area contributed by atoms with Crippen LogP contribution in [-0.2, 0) is 4.79 Å². The first kappa shape index (κ1) is 17.3. The molecule has 0 spiro atoms. The van der Waals surface area contributed by atoms with Gasteiger partial charge in [-0.3, -0.25) is 4.79 Å². The van der Waals surface area contributed by atoms with Crippen molar-refractivity contribution in [2.45, 2.75) is 26.8 Å². The van der Waals surface area contributed by atoms with Gasteiger partial charge in [0.25, 0.3) is 0 Å². The predicted octanol–water partition coefficient (Wildman–Crippen LogP) is 2.13. The maximum Gasteiger partial charge on any atom is 0.226 e. The zero-order valence-corrected chi connectivity index (χ0v) is 13.7. The van der Waals surface area contributed by atoms with Gasteiger partial charge in [0.1, 0.15) is 11.5 Å². The summed E-state index contributed by atoms with van der Waals surface area (Å²) >= 11 is 0. The van der Waals surface area contributed by atoms with Gasteiger partial charge in [-0.05, 0) is 39.0 Å². The molecule has 0 aromatic heterocycles. The summed E-state index contributed by atoms with van der Waals surface area (Å²) < 4.78 is 10.6. The number of carbonyl (C=O) groups is 1. The third kappa shape index (κ3) is 4.36. The molecule has 1 aromatic carbocycles. The molecule has 0 radical (unpaired) electrons. The van der Waals surface area contributed by atoms with E-state index in [4.69, 9.17) is 9.47 Å². The van der Waals surface area contributed by atoms with Gasteiger partial charge in [-0.2, -0.15) is 0 Å². The molecule has 0 aliphatic heterocycles. The molecule has 0 bridgehead atoms. The maximum absolute atomic E-state index is 11.8. The Morgan fingerprint density at radius 1 is 1.29 bits per heavy atom. The third-order valence-corrected chi connectivity index (χ3v) is 3.60. The molecule has 2 N–H and O–H groups in total. The van der Waals surface area contributed by atoms with Crippen molar-refractivity contribution in [3.63, 3.8) is 0 Å². The van der Waals surface area contributed by atoms with Crippen LogP contribution in [0.1, 0.15) is 32.4 Å². The molecule has 5 heteroatoms. The van der Waals surface area contributed by atoms with E-state index in [0.29, 0.717) is 6.54 Å². The Kier molecular flexibility index (Phi) is 6.03. The average molecular weight is 294 g/mol. The van der Waals surface area contributed by atoms with Crippen LogP contribution in [0.4, 0.5) is 0 Å². The van der Waals surface area contributed by atoms with Crippen LogP contribution >= 0.6 is 0 Å². The second-order valence-electron chi connectivity index (χ2n) is 5.67. The van der Waals surface area contributed by atoms with Gasteiger partial charge >= 0.3 is 0 Å². The number of hydrogen-bond acceptors (Lipinski definition) is 4. The molecule has 1 aromatic rings. The fourth-order valence-electron chi connectivity index (χ4n) is 2.11. The Morgan fingerprint density at radius 2 is 1.95 bits per heavy atom. The Labute approximate surface area is 127 Å². The van der Waals surface area contributed by atoms with E-state index in [0.717, 1.165) is 17.1 Å². The molecule has 1 amide bonds. The van der Waals surface area contributed by atoms with Crippen molar-refractivity contribution in [2.75, 3.05) is 27.8 Å². The second-order valence-corrected chi connectivity index (χ2v) is 5.67. The van der Waals surface area contributed by atoms with E-state index in [2.05, 4.69) is 10.6 Å².